The molecule has 1 unspecified atom stereocenters. The first kappa shape index (κ1) is 19.0. The summed E-state index contributed by atoms with van der Waals surface area (Å²) in [6, 6.07) is 15.1. The highest BCUT2D eigenvalue weighted by molar-refractivity contribution is 5.78. The van der Waals surface area contributed by atoms with E-state index in [2.05, 4.69) is 73.8 Å². The van der Waals surface area contributed by atoms with Gasteiger partial charge in [0.25, 0.3) is 0 Å². The summed E-state index contributed by atoms with van der Waals surface area (Å²) in [6.45, 7) is 5.96. The lowest BCUT2D eigenvalue weighted by Gasteiger charge is -2.15. The first-order chi connectivity index (χ1) is 14.8. The third-order valence-electron chi connectivity index (χ3n) is 5.86. The van der Waals surface area contributed by atoms with Crippen molar-refractivity contribution in [3.8, 4) is 5.69 Å². The van der Waals surface area contributed by atoms with Crippen LogP contribution >= 0.6 is 0 Å². The SMILES string of the molecule is CC(OCc1ncc[nH]1)c1cccc(-n2cnc3cc(CN4CCCC4)ccc32)c1. The number of nitrogens with one attached hydrogen (secondary N) is 1. The highest BCUT2D eigenvalue weighted by atomic mass is 16.5. The van der Waals surface area contributed by atoms with E-state index in [-0.39, 0.29) is 6.10 Å². The number of likely N-dealkylation sites (tertiary alicyclic amines) is 1. The minimum atomic E-state index is -0.0306. The van der Waals surface area contributed by atoms with Gasteiger partial charge in [-0.2, -0.15) is 0 Å². The Morgan fingerprint density at radius 1 is 1.10 bits per heavy atom. The number of aromatic nitrogens is 4. The number of hydrogen-bond acceptors (Lipinski definition) is 4. The number of fused-ring (bicyclic) bond motifs is 1. The predicted molar refractivity (Wildman–Crippen MR) is 117 cm³/mol. The van der Waals surface area contributed by atoms with Crippen molar-refractivity contribution in [2.45, 2.75) is 39.0 Å². The monoisotopic (exact) mass is 401 g/mol. The fourth-order valence-corrected chi connectivity index (χ4v) is 4.17. The van der Waals surface area contributed by atoms with Crippen molar-refractivity contribution in [2.75, 3.05) is 13.1 Å². The fourth-order valence-electron chi connectivity index (χ4n) is 4.17. The van der Waals surface area contributed by atoms with Crippen LogP contribution in [0.25, 0.3) is 16.7 Å². The second-order valence-electron chi connectivity index (χ2n) is 8.00. The highest BCUT2D eigenvalue weighted by Gasteiger charge is 2.14. The molecule has 0 saturated carbocycles. The third-order valence-corrected chi connectivity index (χ3v) is 5.86. The van der Waals surface area contributed by atoms with Crippen LogP contribution in [0.4, 0.5) is 0 Å². The average Bonchev–Trinajstić information content (AvgIpc) is 3.54. The van der Waals surface area contributed by atoms with Crippen molar-refractivity contribution in [1.82, 2.24) is 24.4 Å². The summed E-state index contributed by atoms with van der Waals surface area (Å²) in [4.78, 5) is 14.5. The summed E-state index contributed by atoms with van der Waals surface area (Å²) >= 11 is 0. The molecule has 3 heterocycles. The zero-order valence-electron chi connectivity index (χ0n) is 17.3. The van der Waals surface area contributed by atoms with E-state index in [0.29, 0.717) is 6.61 Å². The van der Waals surface area contributed by atoms with E-state index in [1.165, 1.54) is 31.5 Å². The first-order valence-electron chi connectivity index (χ1n) is 10.6. The number of imidazole rings is 2. The van der Waals surface area contributed by atoms with Gasteiger partial charge in [0.2, 0.25) is 0 Å². The Morgan fingerprint density at radius 2 is 2.00 bits per heavy atom. The molecule has 30 heavy (non-hydrogen) atoms. The topological polar surface area (TPSA) is 59.0 Å². The normalized spacial score (nSPS) is 15.8. The molecule has 2 aromatic carbocycles. The number of nitrogens with zero attached hydrogens (tertiary/aromatic N) is 4. The van der Waals surface area contributed by atoms with Gasteiger partial charge in [-0.05, 0) is 68.2 Å². The van der Waals surface area contributed by atoms with E-state index in [0.717, 1.165) is 34.7 Å². The summed E-state index contributed by atoms with van der Waals surface area (Å²) in [5, 5.41) is 0. The molecule has 0 radical (unpaired) electrons. The van der Waals surface area contributed by atoms with Gasteiger partial charge in [-0.3, -0.25) is 9.47 Å². The third kappa shape index (κ3) is 4.01. The zero-order chi connectivity index (χ0) is 20.3. The lowest BCUT2D eigenvalue weighted by molar-refractivity contribution is 0.0487. The molecule has 1 fully saturated rings. The van der Waals surface area contributed by atoms with Crippen molar-refractivity contribution in [3.63, 3.8) is 0 Å². The molecule has 1 aliphatic heterocycles. The van der Waals surface area contributed by atoms with Gasteiger partial charge in [0, 0.05) is 24.6 Å². The molecular formula is C24H27N5O. The van der Waals surface area contributed by atoms with Crippen LogP contribution in [0.3, 0.4) is 0 Å². The van der Waals surface area contributed by atoms with Crippen LogP contribution in [0.1, 0.15) is 42.8 Å². The molecular weight excluding hydrogens is 374 g/mol. The molecule has 6 heteroatoms. The van der Waals surface area contributed by atoms with E-state index < -0.39 is 0 Å². The van der Waals surface area contributed by atoms with Crippen molar-refractivity contribution in [3.05, 3.63) is 78.1 Å². The lowest BCUT2D eigenvalue weighted by Crippen LogP contribution is -2.18. The van der Waals surface area contributed by atoms with Crippen LogP contribution in [0, 0.1) is 0 Å². The second kappa shape index (κ2) is 8.42. The molecule has 0 aliphatic carbocycles. The molecule has 6 nitrogen and oxygen atoms in total. The van der Waals surface area contributed by atoms with Crippen molar-refractivity contribution >= 4 is 11.0 Å². The molecule has 154 valence electrons. The van der Waals surface area contributed by atoms with Gasteiger partial charge in [0.15, 0.2) is 0 Å². The van der Waals surface area contributed by atoms with Crippen LogP contribution in [-0.2, 0) is 17.9 Å². The Kier molecular flexibility index (Phi) is 5.34. The molecule has 0 spiro atoms. The van der Waals surface area contributed by atoms with Crippen LogP contribution in [-0.4, -0.2) is 37.5 Å². The Morgan fingerprint density at radius 3 is 2.83 bits per heavy atom. The second-order valence-corrected chi connectivity index (χ2v) is 8.00. The van der Waals surface area contributed by atoms with Crippen LogP contribution in [0.15, 0.2) is 61.2 Å². The Hall–Kier alpha value is -2.96. The lowest BCUT2D eigenvalue weighted by atomic mass is 10.1. The maximum atomic E-state index is 5.99. The quantitative estimate of drug-likeness (QED) is 0.491. The molecule has 1 N–H and O–H groups in total. The number of aromatic amines is 1. The average molecular weight is 402 g/mol. The van der Waals surface area contributed by atoms with E-state index in [9.17, 15) is 0 Å². The minimum absolute atomic E-state index is 0.0306. The number of ether oxygens (including phenoxy) is 1. The molecule has 0 amide bonds. The predicted octanol–water partition coefficient (Wildman–Crippen LogP) is 4.62. The van der Waals surface area contributed by atoms with Gasteiger partial charge in [0.05, 0.1) is 17.1 Å². The van der Waals surface area contributed by atoms with Crippen molar-refractivity contribution < 1.29 is 4.74 Å². The summed E-state index contributed by atoms with van der Waals surface area (Å²) < 4.78 is 8.14. The zero-order valence-corrected chi connectivity index (χ0v) is 17.3. The summed E-state index contributed by atoms with van der Waals surface area (Å²) in [7, 11) is 0. The number of H-pyrrole nitrogens is 1. The summed E-state index contributed by atoms with van der Waals surface area (Å²) in [5.74, 6) is 0.836. The summed E-state index contributed by atoms with van der Waals surface area (Å²) in [5.41, 5.74) is 5.73. The van der Waals surface area contributed by atoms with Crippen LogP contribution in [0.5, 0.6) is 0 Å². The minimum Gasteiger partial charge on any atom is -0.366 e. The van der Waals surface area contributed by atoms with Crippen molar-refractivity contribution in [1.29, 1.82) is 0 Å². The fraction of sp³-hybridized carbons (Fsp3) is 0.333. The highest BCUT2D eigenvalue weighted by Crippen LogP contribution is 2.25. The first-order valence-corrected chi connectivity index (χ1v) is 10.6. The standard InChI is InChI=1S/C24H27N5O/c1-18(30-16-24-25-9-10-26-24)20-5-4-6-21(14-20)29-17-27-22-13-19(7-8-23(22)29)15-28-11-2-3-12-28/h4-10,13-14,17-18H,2-3,11-12,15-16H2,1H3,(H,25,26). The Labute approximate surface area is 176 Å². The largest absolute Gasteiger partial charge is 0.366 e. The molecule has 2 aromatic heterocycles. The number of benzene rings is 2. The van der Waals surface area contributed by atoms with Gasteiger partial charge in [-0.15, -0.1) is 0 Å². The maximum absolute atomic E-state index is 5.99. The maximum Gasteiger partial charge on any atom is 0.132 e. The Bertz CT molecular complexity index is 1110. The molecule has 1 aliphatic rings. The Balaban J connectivity index is 1.35. The molecule has 1 saturated heterocycles. The van der Waals surface area contributed by atoms with Crippen LogP contribution < -0.4 is 0 Å². The molecule has 0 bridgehead atoms. The van der Waals surface area contributed by atoms with Crippen LogP contribution in [0.2, 0.25) is 0 Å². The van der Waals surface area contributed by atoms with Crippen molar-refractivity contribution in [2.24, 2.45) is 0 Å². The van der Waals surface area contributed by atoms with Gasteiger partial charge in [-0.1, -0.05) is 18.2 Å². The summed E-state index contributed by atoms with van der Waals surface area (Å²) in [6.07, 6.45) is 8.07. The smallest absolute Gasteiger partial charge is 0.132 e. The molecule has 4 aromatic rings. The number of hydrogen-bond donors (Lipinski definition) is 1. The molecule has 1 atom stereocenters. The van der Waals surface area contributed by atoms with Gasteiger partial charge < -0.3 is 9.72 Å². The van der Waals surface area contributed by atoms with E-state index in [1.54, 1.807) is 6.20 Å². The number of rotatable bonds is 7. The van der Waals surface area contributed by atoms with E-state index in [4.69, 9.17) is 4.74 Å². The molecule has 5 rings (SSSR count). The van der Waals surface area contributed by atoms with E-state index >= 15 is 0 Å². The van der Waals surface area contributed by atoms with E-state index in [1.807, 2.05) is 12.5 Å². The van der Waals surface area contributed by atoms with Gasteiger partial charge in [-0.25, -0.2) is 9.97 Å². The van der Waals surface area contributed by atoms with Gasteiger partial charge in [0.1, 0.15) is 18.8 Å². The van der Waals surface area contributed by atoms with Gasteiger partial charge >= 0.3 is 0 Å².